The molecule has 1 atom stereocenters. The summed E-state index contributed by atoms with van der Waals surface area (Å²) >= 11 is 0. The molecule has 0 bridgehead atoms. The zero-order chi connectivity index (χ0) is 22.5. The number of hydrogen-bond donors (Lipinski definition) is 1. The number of carbonyl (C=O) groups excluding carboxylic acids is 2. The molecule has 6 heteroatoms. The topological polar surface area (TPSA) is 67.9 Å². The lowest BCUT2D eigenvalue weighted by atomic mass is 9.88. The van der Waals surface area contributed by atoms with Crippen LogP contribution in [0, 0.1) is 12.8 Å². The zero-order valence-electron chi connectivity index (χ0n) is 18.9. The molecule has 2 aromatic rings. The third-order valence-corrected chi connectivity index (χ3v) is 6.38. The number of ketones is 1. The molecule has 32 heavy (non-hydrogen) atoms. The SMILES string of the molecule is CC[C@H](NC(=O)CN1CCC(C(=O)c2ccc3c(c2)OCCO3)CC1)c1ccc(C)cc1. The van der Waals surface area contributed by atoms with Gasteiger partial charge in [0.2, 0.25) is 5.91 Å². The standard InChI is InChI=1S/C26H32N2O4/c1-3-22(19-6-4-18(2)5-7-19)27-25(29)17-28-12-10-20(11-13-28)26(30)21-8-9-23-24(16-21)32-15-14-31-23/h4-9,16,20,22H,3,10-15,17H2,1-2H3,(H,27,29)/t22-/m0/s1. The van der Waals surface area contributed by atoms with Gasteiger partial charge in [-0.25, -0.2) is 0 Å². The molecule has 2 heterocycles. The van der Waals surface area contributed by atoms with Crippen LogP contribution >= 0.6 is 0 Å². The molecule has 2 aliphatic rings. The van der Waals surface area contributed by atoms with Crippen molar-refractivity contribution in [3.63, 3.8) is 0 Å². The number of aryl methyl sites for hydroxylation is 1. The zero-order valence-corrected chi connectivity index (χ0v) is 18.9. The number of amides is 1. The van der Waals surface area contributed by atoms with Crippen molar-refractivity contribution in [1.82, 2.24) is 10.2 Å². The van der Waals surface area contributed by atoms with Crippen LogP contribution in [0.25, 0.3) is 0 Å². The molecule has 0 unspecified atom stereocenters. The maximum Gasteiger partial charge on any atom is 0.234 e. The Labute approximate surface area is 189 Å². The fourth-order valence-corrected chi connectivity index (χ4v) is 4.45. The van der Waals surface area contributed by atoms with Crippen molar-refractivity contribution in [3.05, 3.63) is 59.2 Å². The monoisotopic (exact) mass is 436 g/mol. The van der Waals surface area contributed by atoms with E-state index in [0.717, 1.165) is 37.9 Å². The van der Waals surface area contributed by atoms with Crippen LogP contribution in [0.3, 0.4) is 0 Å². The highest BCUT2D eigenvalue weighted by atomic mass is 16.6. The number of ether oxygens (including phenoxy) is 2. The third-order valence-electron chi connectivity index (χ3n) is 6.38. The quantitative estimate of drug-likeness (QED) is 0.666. The molecule has 6 nitrogen and oxygen atoms in total. The minimum absolute atomic E-state index is 0.0205. The van der Waals surface area contributed by atoms with Gasteiger partial charge in [0.15, 0.2) is 17.3 Å². The van der Waals surface area contributed by atoms with Crippen LogP contribution in [0.5, 0.6) is 11.5 Å². The first-order valence-electron chi connectivity index (χ1n) is 11.6. The van der Waals surface area contributed by atoms with Gasteiger partial charge in [-0.3, -0.25) is 14.5 Å². The van der Waals surface area contributed by atoms with Crippen molar-refractivity contribution in [2.75, 3.05) is 32.8 Å². The van der Waals surface area contributed by atoms with E-state index in [0.29, 0.717) is 36.8 Å². The van der Waals surface area contributed by atoms with E-state index in [2.05, 4.69) is 48.3 Å². The Hall–Kier alpha value is -2.86. The van der Waals surface area contributed by atoms with E-state index in [1.165, 1.54) is 5.56 Å². The lowest BCUT2D eigenvalue weighted by Crippen LogP contribution is -2.43. The van der Waals surface area contributed by atoms with Gasteiger partial charge in [0.25, 0.3) is 0 Å². The molecule has 170 valence electrons. The summed E-state index contributed by atoms with van der Waals surface area (Å²) in [5.74, 6) is 1.51. The predicted molar refractivity (Wildman–Crippen MR) is 123 cm³/mol. The Morgan fingerprint density at radius 2 is 1.72 bits per heavy atom. The minimum atomic E-state index is -0.0205. The first-order valence-corrected chi connectivity index (χ1v) is 11.6. The average Bonchev–Trinajstić information content (AvgIpc) is 2.83. The van der Waals surface area contributed by atoms with E-state index in [9.17, 15) is 9.59 Å². The second kappa shape index (κ2) is 10.2. The van der Waals surface area contributed by atoms with E-state index in [-0.39, 0.29) is 23.7 Å². The molecule has 0 saturated carbocycles. The summed E-state index contributed by atoms with van der Waals surface area (Å²) in [6.07, 6.45) is 2.37. The van der Waals surface area contributed by atoms with Crippen LogP contribution in [-0.2, 0) is 4.79 Å². The molecule has 2 aromatic carbocycles. The molecule has 1 saturated heterocycles. The van der Waals surface area contributed by atoms with Crippen LogP contribution in [0.15, 0.2) is 42.5 Å². The average molecular weight is 437 g/mol. The Balaban J connectivity index is 1.27. The maximum absolute atomic E-state index is 13.0. The van der Waals surface area contributed by atoms with Crippen molar-refractivity contribution in [3.8, 4) is 11.5 Å². The fourth-order valence-electron chi connectivity index (χ4n) is 4.45. The molecule has 0 aromatic heterocycles. The maximum atomic E-state index is 13.0. The molecule has 0 radical (unpaired) electrons. The highest BCUT2D eigenvalue weighted by Gasteiger charge is 2.28. The van der Waals surface area contributed by atoms with E-state index >= 15 is 0 Å². The smallest absolute Gasteiger partial charge is 0.234 e. The lowest BCUT2D eigenvalue weighted by Gasteiger charge is -2.31. The molecule has 0 aliphatic carbocycles. The van der Waals surface area contributed by atoms with Crippen LogP contribution in [-0.4, -0.2) is 49.4 Å². The van der Waals surface area contributed by atoms with Gasteiger partial charge in [0.05, 0.1) is 12.6 Å². The second-order valence-electron chi connectivity index (χ2n) is 8.71. The van der Waals surface area contributed by atoms with Gasteiger partial charge in [0, 0.05) is 11.5 Å². The van der Waals surface area contributed by atoms with Crippen molar-refractivity contribution < 1.29 is 19.1 Å². The van der Waals surface area contributed by atoms with Crippen LogP contribution < -0.4 is 14.8 Å². The first-order chi connectivity index (χ1) is 15.5. The molecular formula is C26H32N2O4. The first kappa shape index (κ1) is 22.3. The van der Waals surface area contributed by atoms with E-state index in [4.69, 9.17) is 9.47 Å². The van der Waals surface area contributed by atoms with Crippen LogP contribution in [0.1, 0.15) is 53.7 Å². The van der Waals surface area contributed by atoms with Gasteiger partial charge >= 0.3 is 0 Å². The molecule has 4 rings (SSSR count). The molecule has 1 N–H and O–H groups in total. The largest absolute Gasteiger partial charge is 0.486 e. The number of benzene rings is 2. The number of Topliss-reactive ketones (excluding diaryl/α,β-unsaturated/α-hetero) is 1. The molecule has 1 amide bonds. The molecule has 2 aliphatic heterocycles. The summed E-state index contributed by atoms with van der Waals surface area (Å²) in [6, 6.07) is 13.8. The highest BCUT2D eigenvalue weighted by molar-refractivity contribution is 5.98. The van der Waals surface area contributed by atoms with Gasteiger partial charge in [-0.05, 0) is 63.0 Å². The normalized spacial score (nSPS) is 17.6. The number of hydrogen-bond acceptors (Lipinski definition) is 5. The second-order valence-corrected chi connectivity index (χ2v) is 8.71. The number of nitrogens with one attached hydrogen (secondary N) is 1. The van der Waals surface area contributed by atoms with Crippen molar-refractivity contribution in [1.29, 1.82) is 0 Å². The van der Waals surface area contributed by atoms with Crippen molar-refractivity contribution >= 4 is 11.7 Å². The third kappa shape index (κ3) is 5.30. The van der Waals surface area contributed by atoms with Crippen molar-refractivity contribution in [2.24, 2.45) is 5.92 Å². The number of rotatable bonds is 7. The summed E-state index contributed by atoms with van der Waals surface area (Å²) in [5.41, 5.74) is 3.02. The number of likely N-dealkylation sites (tertiary alicyclic amines) is 1. The van der Waals surface area contributed by atoms with Gasteiger partial charge in [-0.1, -0.05) is 36.8 Å². The van der Waals surface area contributed by atoms with E-state index in [1.807, 2.05) is 12.1 Å². The van der Waals surface area contributed by atoms with Gasteiger partial charge in [0.1, 0.15) is 13.2 Å². The Morgan fingerprint density at radius 1 is 1.03 bits per heavy atom. The summed E-state index contributed by atoms with van der Waals surface area (Å²) in [7, 11) is 0. The van der Waals surface area contributed by atoms with Crippen molar-refractivity contribution in [2.45, 2.75) is 39.2 Å². The Bertz CT molecular complexity index is 949. The van der Waals surface area contributed by atoms with Gasteiger partial charge < -0.3 is 14.8 Å². The van der Waals surface area contributed by atoms with E-state index < -0.39 is 0 Å². The Kier molecular flexibility index (Phi) is 7.10. The van der Waals surface area contributed by atoms with Crippen LogP contribution in [0.4, 0.5) is 0 Å². The number of fused-ring (bicyclic) bond motifs is 1. The predicted octanol–water partition coefficient (Wildman–Crippen LogP) is 3.93. The lowest BCUT2D eigenvalue weighted by molar-refractivity contribution is -0.123. The highest BCUT2D eigenvalue weighted by Crippen LogP contribution is 2.32. The Morgan fingerprint density at radius 3 is 2.41 bits per heavy atom. The summed E-state index contributed by atoms with van der Waals surface area (Å²) in [5, 5.41) is 3.17. The molecular weight excluding hydrogens is 404 g/mol. The van der Waals surface area contributed by atoms with Gasteiger partial charge in [-0.2, -0.15) is 0 Å². The summed E-state index contributed by atoms with van der Waals surface area (Å²) < 4.78 is 11.2. The van der Waals surface area contributed by atoms with Gasteiger partial charge in [-0.15, -0.1) is 0 Å². The van der Waals surface area contributed by atoms with Crippen LogP contribution in [0.2, 0.25) is 0 Å². The summed E-state index contributed by atoms with van der Waals surface area (Å²) in [6.45, 7) is 7.05. The number of carbonyl (C=O) groups is 2. The number of piperidine rings is 1. The fraction of sp³-hybridized carbons (Fsp3) is 0.462. The number of nitrogens with zero attached hydrogens (tertiary/aromatic N) is 1. The minimum Gasteiger partial charge on any atom is -0.486 e. The summed E-state index contributed by atoms with van der Waals surface area (Å²) in [4.78, 5) is 27.8. The molecule has 1 fully saturated rings. The molecule has 0 spiro atoms. The van der Waals surface area contributed by atoms with E-state index in [1.54, 1.807) is 6.07 Å².